The van der Waals surface area contributed by atoms with Crippen LogP contribution in [-0.2, 0) is 0 Å². The predicted molar refractivity (Wildman–Crippen MR) is 76.8 cm³/mol. The first kappa shape index (κ1) is 12.5. The molecule has 0 aliphatic carbocycles. The van der Waals surface area contributed by atoms with E-state index >= 15 is 0 Å². The average molecular weight is 284 g/mol. The molecule has 4 nitrogen and oxygen atoms in total. The summed E-state index contributed by atoms with van der Waals surface area (Å²) in [6.45, 7) is 0.268. The number of rotatable bonds is 2. The Kier molecular flexibility index (Phi) is 3.53. The molecule has 1 aromatic carbocycles. The summed E-state index contributed by atoms with van der Waals surface area (Å²) in [6, 6.07) is 10.9. The molecule has 0 atom stereocenters. The van der Waals surface area contributed by atoms with Crippen molar-refractivity contribution in [2.45, 2.75) is 0 Å². The Morgan fingerprint density at radius 2 is 2.20 bits per heavy atom. The summed E-state index contributed by atoms with van der Waals surface area (Å²) in [4.78, 5) is 4.28. The quantitative estimate of drug-likeness (QED) is 0.679. The van der Waals surface area contributed by atoms with Crippen molar-refractivity contribution in [1.29, 1.82) is 0 Å². The molecule has 2 aromatic heterocycles. The topological polar surface area (TPSA) is 39.4 Å². The molecule has 0 aliphatic heterocycles. The first-order chi connectivity index (χ1) is 9.81. The second-order valence-corrected chi connectivity index (χ2v) is 4.44. The minimum Gasteiger partial charge on any atom is -0.464 e. The van der Waals surface area contributed by atoms with Crippen LogP contribution in [0.1, 0.15) is 5.56 Å². The van der Waals surface area contributed by atoms with Gasteiger partial charge in [0.1, 0.15) is 0 Å². The van der Waals surface area contributed by atoms with Gasteiger partial charge in [0.25, 0.3) is 0 Å². The van der Waals surface area contributed by atoms with Crippen molar-refractivity contribution >= 4 is 17.2 Å². The van der Waals surface area contributed by atoms with Gasteiger partial charge in [0.05, 0.1) is 6.20 Å². The first-order valence-corrected chi connectivity index (χ1v) is 6.37. The molecular formula is C15H10ClN3O. The maximum Gasteiger partial charge on any atom is 0.217 e. The SMILES string of the molecule is Clc1cccc(C#CCOc2ccn3nccc3n2)c1. The van der Waals surface area contributed by atoms with Gasteiger partial charge in [0, 0.05) is 28.9 Å². The standard InChI is InChI=1S/C15H10ClN3O/c16-13-5-1-3-12(11-13)4-2-10-20-15-7-9-19-14(18-15)6-8-17-19/h1,3,5-9,11H,10H2. The zero-order valence-electron chi connectivity index (χ0n) is 10.5. The van der Waals surface area contributed by atoms with Gasteiger partial charge in [-0.25, -0.2) is 4.52 Å². The number of hydrogen-bond acceptors (Lipinski definition) is 3. The number of aromatic nitrogens is 3. The van der Waals surface area contributed by atoms with Gasteiger partial charge in [-0.2, -0.15) is 10.1 Å². The lowest BCUT2D eigenvalue weighted by Crippen LogP contribution is -1.98. The van der Waals surface area contributed by atoms with E-state index < -0.39 is 0 Å². The first-order valence-electron chi connectivity index (χ1n) is 5.99. The highest BCUT2D eigenvalue weighted by Crippen LogP contribution is 2.10. The van der Waals surface area contributed by atoms with Gasteiger partial charge in [-0.1, -0.05) is 29.5 Å². The summed E-state index contributed by atoms with van der Waals surface area (Å²) in [5.41, 5.74) is 1.60. The Balaban J connectivity index is 1.65. The smallest absolute Gasteiger partial charge is 0.217 e. The van der Waals surface area contributed by atoms with Crippen LogP contribution in [0.4, 0.5) is 0 Å². The molecule has 0 bridgehead atoms. The molecule has 0 saturated carbocycles. The highest BCUT2D eigenvalue weighted by atomic mass is 35.5. The number of ether oxygens (including phenoxy) is 1. The number of hydrogen-bond donors (Lipinski definition) is 0. The molecule has 20 heavy (non-hydrogen) atoms. The third-order valence-corrected chi connectivity index (χ3v) is 2.82. The minimum absolute atomic E-state index is 0.268. The molecule has 0 N–H and O–H groups in total. The van der Waals surface area contributed by atoms with E-state index in [-0.39, 0.29) is 6.61 Å². The number of benzene rings is 1. The fraction of sp³-hybridized carbons (Fsp3) is 0.0667. The van der Waals surface area contributed by atoms with Crippen LogP contribution in [0, 0.1) is 11.8 Å². The highest BCUT2D eigenvalue weighted by Gasteiger charge is 1.98. The van der Waals surface area contributed by atoms with Crippen molar-refractivity contribution in [2.75, 3.05) is 6.61 Å². The highest BCUT2D eigenvalue weighted by molar-refractivity contribution is 6.30. The largest absolute Gasteiger partial charge is 0.464 e. The van der Waals surface area contributed by atoms with Crippen LogP contribution in [0.5, 0.6) is 5.88 Å². The summed E-state index contributed by atoms with van der Waals surface area (Å²) in [7, 11) is 0. The summed E-state index contributed by atoms with van der Waals surface area (Å²) >= 11 is 5.88. The Hall–Kier alpha value is -2.51. The van der Waals surface area contributed by atoms with Crippen LogP contribution in [0.15, 0.2) is 48.8 Å². The maximum absolute atomic E-state index is 5.88. The summed E-state index contributed by atoms with van der Waals surface area (Å²) in [6.07, 6.45) is 3.48. The zero-order chi connectivity index (χ0) is 13.8. The zero-order valence-corrected chi connectivity index (χ0v) is 11.2. The van der Waals surface area contributed by atoms with E-state index in [2.05, 4.69) is 21.9 Å². The molecule has 0 radical (unpaired) electrons. The number of fused-ring (bicyclic) bond motifs is 1. The Morgan fingerprint density at radius 1 is 1.25 bits per heavy atom. The van der Waals surface area contributed by atoms with Gasteiger partial charge < -0.3 is 4.74 Å². The lowest BCUT2D eigenvalue weighted by molar-refractivity contribution is 0.355. The molecule has 3 aromatic rings. The van der Waals surface area contributed by atoms with Gasteiger partial charge in [-0.15, -0.1) is 0 Å². The fourth-order valence-corrected chi connectivity index (χ4v) is 1.88. The van der Waals surface area contributed by atoms with E-state index in [4.69, 9.17) is 16.3 Å². The normalized spacial score (nSPS) is 10.1. The Morgan fingerprint density at radius 3 is 3.10 bits per heavy atom. The van der Waals surface area contributed by atoms with E-state index in [0.717, 1.165) is 11.2 Å². The molecule has 0 unspecified atom stereocenters. The van der Waals surface area contributed by atoms with Crippen LogP contribution in [0.2, 0.25) is 5.02 Å². The van der Waals surface area contributed by atoms with E-state index in [1.54, 1.807) is 23.0 Å². The van der Waals surface area contributed by atoms with E-state index in [0.29, 0.717) is 10.9 Å². The van der Waals surface area contributed by atoms with Crippen molar-refractivity contribution in [2.24, 2.45) is 0 Å². The van der Waals surface area contributed by atoms with Gasteiger partial charge in [-0.3, -0.25) is 0 Å². The van der Waals surface area contributed by atoms with Crippen molar-refractivity contribution < 1.29 is 4.74 Å². The number of nitrogens with zero attached hydrogens (tertiary/aromatic N) is 3. The van der Waals surface area contributed by atoms with E-state index in [1.165, 1.54) is 0 Å². The Bertz CT molecular complexity index is 801. The van der Waals surface area contributed by atoms with Crippen molar-refractivity contribution in [1.82, 2.24) is 14.6 Å². The molecule has 0 fully saturated rings. The van der Waals surface area contributed by atoms with Gasteiger partial charge in [-0.05, 0) is 18.2 Å². The van der Waals surface area contributed by atoms with Crippen molar-refractivity contribution in [3.63, 3.8) is 0 Å². The number of halogens is 1. The van der Waals surface area contributed by atoms with Crippen LogP contribution in [0.3, 0.4) is 0 Å². The van der Waals surface area contributed by atoms with E-state index in [1.807, 2.05) is 30.3 Å². The maximum atomic E-state index is 5.88. The van der Waals surface area contributed by atoms with Gasteiger partial charge in [0.2, 0.25) is 5.88 Å². The summed E-state index contributed by atoms with van der Waals surface area (Å²) < 4.78 is 7.15. The van der Waals surface area contributed by atoms with Crippen LogP contribution < -0.4 is 4.74 Å². The van der Waals surface area contributed by atoms with E-state index in [9.17, 15) is 0 Å². The molecule has 98 valence electrons. The fourth-order valence-electron chi connectivity index (χ4n) is 1.69. The van der Waals surface area contributed by atoms with Gasteiger partial charge in [0.15, 0.2) is 12.3 Å². The summed E-state index contributed by atoms with van der Waals surface area (Å²) in [5.74, 6) is 6.44. The summed E-state index contributed by atoms with van der Waals surface area (Å²) in [5, 5.41) is 4.73. The van der Waals surface area contributed by atoms with Crippen LogP contribution in [-0.4, -0.2) is 21.2 Å². The molecule has 0 spiro atoms. The molecule has 3 rings (SSSR count). The second-order valence-electron chi connectivity index (χ2n) is 4.00. The lowest BCUT2D eigenvalue weighted by atomic mass is 10.2. The lowest BCUT2D eigenvalue weighted by Gasteiger charge is -2.00. The Labute approximate surface area is 121 Å². The predicted octanol–water partition coefficient (Wildman–Crippen LogP) is 2.81. The van der Waals surface area contributed by atoms with Crippen LogP contribution in [0.25, 0.3) is 5.65 Å². The molecule has 0 saturated heterocycles. The van der Waals surface area contributed by atoms with Gasteiger partial charge >= 0.3 is 0 Å². The molecule has 0 aliphatic rings. The molecule has 2 heterocycles. The molecule has 5 heteroatoms. The van der Waals surface area contributed by atoms with Crippen LogP contribution >= 0.6 is 11.6 Å². The monoisotopic (exact) mass is 283 g/mol. The van der Waals surface area contributed by atoms with Crippen molar-refractivity contribution in [3.8, 4) is 17.7 Å². The second kappa shape index (κ2) is 5.64. The molecular weight excluding hydrogens is 274 g/mol. The third-order valence-electron chi connectivity index (χ3n) is 2.58. The minimum atomic E-state index is 0.268. The molecule has 0 amide bonds. The third kappa shape index (κ3) is 2.90. The average Bonchev–Trinajstić information content (AvgIpc) is 2.91. The van der Waals surface area contributed by atoms with Crippen molar-refractivity contribution in [3.05, 3.63) is 59.4 Å².